The average Bonchev–Trinajstić information content (AvgIpc) is 3.19. The maximum Gasteiger partial charge on any atom is 0.225 e. The molecule has 1 amide bonds. The Balaban J connectivity index is 1.77. The van der Waals surface area contributed by atoms with E-state index in [4.69, 9.17) is 9.47 Å². The summed E-state index contributed by atoms with van der Waals surface area (Å²) in [4.78, 5) is 13.7. The molecule has 0 bridgehead atoms. The number of amides is 1. The predicted molar refractivity (Wildman–Crippen MR) is 125 cm³/mol. The SMILES string of the molecule is CCOc1cc([C@H]2CC(=O)Nc3c(S(=O)(=O)c4ccccc4)csc32)ccc1OC(C)C. The standard InChI is InChI=1S/C24H25NO5S2/c1-4-29-20-12-16(10-11-19(20)30-15(2)3)18-13-22(26)25-23-21(14-31-24(18)23)32(27,28)17-8-6-5-7-9-17/h5-12,14-15,18H,4,13H2,1-3H3,(H,25,26)/t18-/m1/s1. The molecule has 4 rings (SSSR count). The highest BCUT2D eigenvalue weighted by Gasteiger charge is 2.34. The maximum atomic E-state index is 13.2. The number of carbonyl (C=O) groups is 1. The summed E-state index contributed by atoms with van der Waals surface area (Å²) < 4.78 is 38.1. The predicted octanol–water partition coefficient (Wildman–Crippen LogP) is 5.24. The van der Waals surface area contributed by atoms with Crippen molar-refractivity contribution >= 4 is 32.8 Å². The van der Waals surface area contributed by atoms with Gasteiger partial charge in [-0.15, -0.1) is 11.3 Å². The minimum Gasteiger partial charge on any atom is -0.490 e. The lowest BCUT2D eigenvalue weighted by molar-refractivity contribution is -0.116. The summed E-state index contributed by atoms with van der Waals surface area (Å²) >= 11 is 1.35. The van der Waals surface area contributed by atoms with Gasteiger partial charge in [0.05, 0.1) is 23.3 Å². The van der Waals surface area contributed by atoms with E-state index in [1.54, 1.807) is 35.7 Å². The molecule has 0 aliphatic carbocycles. The van der Waals surface area contributed by atoms with Crippen molar-refractivity contribution in [2.45, 2.75) is 49.0 Å². The summed E-state index contributed by atoms with van der Waals surface area (Å²) in [5.41, 5.74) is 1.26. The second-order valence-electron chi connectivity index (χ2n) is 7.77. The highest BCUT2D eigenvalue weighted by Crippen LogP contribution is 2.47. The van der Waals surface area contributed by atoms with Gasteiger partial charge in [-0.3, -0.25) is 4.79 Å². The van der Waals surface area contributed by atoms with E-state index in [0.29, 0.717) is 23.8 Å². The van der Waals surface area contributed by atoms with Crippen molar-refractivity contribution in [2.24, 2.45) is 0 Å². The minimum absolute atomic E-state index is 0.00448. The Hall–Kier alpha value is -2.84. The molecule has 0 radical (unpaired) electrons. The molecule has 0 saturated heterocycles. The first-order valence-electron chi connectivity index (χ1n) is 10.5. The van der Waals surface area contributed by atoms with Crippen molar-refractivity contribution in [3.8, 4) is 11.5 Å². The topological polar surface area (TPSA) is 81.7 Å². The second-order valence-corrected chi connectivity index (χ2v) is 10.6. The molecule has 2 aromatic carbocycles. The molecule has 0 fully saturated rings. The Morgan fingerprint density at radius 2 is 1.88 bits per heavy atom. The van der Waals surface area contributed by atoms with Crippen molar-refractivity contribution < 1.29 is 22.7 Å². The lowest BCUT2D eigenvalue weighted by Crippen LogP contribution is -2.23. The maximum absolute atomic E-state index is 13.2. The zero-order valence-electron chi connectivity index (χ0n) is 18.1. The van der Waals surface area contributed by atoms with Gasteiger partial charge in [0, 0.05) is 22.6 Å². The van der Waals surface area contributed by atoms with Crippen LogP contribution in [0.5, 0.6) is 11.5 Å². The zero-order chi connectivity index (χ0) is 22.9. The molecule has 1 aliphatic heterocycles. The largest absolute Gasteiger partial charge is 0.490 e. The van der Waals surface area contributed by atoms with Gasteiger partial charge in [-0.05, 0) is 50.6 Å². The van der Waals surface area contributed by atoms with Crippen LogP contribution in [0.1, 0.15) is 43.6 Å². The van der Waals surface area contributed by atoms with Crippen LogP contribution >= 0.6 is 11.3 Å². The Morgan fingerprint density at radius 1 is 1.12 bits per heavy atom. The Morgan fingerprint density at radius 3 is 2.56 bits per heavy atom. The van der Waals surface area contributed by atoms with Gasteiger partial charge < -0.3 is 14.8 Å². The lowest BCUT2D eigenvalue weighted by Gasteiger charge is -2.25. The first kappa shape index (κ1) is 22.4. The Kier molecular flexibility index (Phi) is 6.26. The highest BCUT2D eigenvalue weighted by molar-refractivity contribution is 7.91. The van der Waals surface area contributed by atoms with Gasteiger partial charge in [-0.1, -0.05) is 24.3 Å². The van der Waals surface area contributed by atoms with Gasteiger partial charge in [-0.2, -0.15) is 0 Å². The highest BCUT2D eigenvalue weighted by atomic mass is 32.2. The normalized spacial score (nSPS) is 15.9. The summed E-state index contributed by atoms with van der Waals surface area (Å²) in [5.74, 6) is 0.770. The van der Waals surface area contributed by atoms with E-state index >= 15 is 0 Å². The fourth-order valence-electron chi connectivity index (χ4n) is 3.76. The van der Waals surface area contributed by atoms with Gasteiger partial charge in [0.1, 0.15) is 4.90 Å². The van der Waals surface area contributed by atoms with Crippen molar-refractivity contribution in [3.63, 3.8) is 0 Å². The lowest BCUT2D eigenvalue weighted by atomic mass is 9.90. The first-order valence-corrected chi connectivity index (χ1v) is 12.8. The Labute approximate surface area is 192 Å². The smallest absolute Gasteiger partial charge is 0.225 e. The van der Waals surface area contributed by atoms with E-state index < -0.39 is 9.84 Å². The van der Waals surface area contributed by atoms with E-state index in [-0.39, 0.29) is 34.1 Å². The molecular formula is C24H25NO5S2. The van der Waals surface area contributed by atoms with Crippen molar-refractivity contribution in [1.29, 1.82) is 0 Å². The van der Waals surface area contributed by atoms with Crippen LogP contribution in [0.2, 0.25) is 0 Å². The quantitative estimate of drug-likeness (QED) is 0.510. The molecule has 2 heterocycles. The summed E-state index contributed by atoms with van der Waals surface area (Å²) in [7, 11) is -3.75. The fraction of sp³-hybridized carbons (Fsp3) is 0.292. The van der Waals surface area contributed by atoms with E-state index in [2.05, 4.69) is 5.32 Å². The monoisotopic (exact) mass is 471 g/mol. The number of thiophene rings is 1. The number of benzene rings is 2. The van der Waals surface area contributed by atoms with Gasteiger partial charge in [0.15, 0.2) is 11.5 Å². The number of anilines is 1. The van der Waals surface area contributed by atoms with Crippen LogP contribution in [-0.4, -0.2) is 27.0 Å². The van der Waals surface area contributed by atoms with Gasteiger partial charge >= 0.3 is 0 Å². The molecule has 1 N–H and O–H groups in total. The summed E-state index contributed by atoms with van der Waals surface area (Å²) in [5, 5.41) is 4.41. The molecule has 3 aromatic rings. The number of nitrogens with one attached hydrogen (secondary N) is 1. The third-order valence-corrected chi connectivity index (χ3v) is 8.17. The molecule has 0 saturated carbocycles. The molecule has 1 aromatic heterocycles. The van der Waals surface area contributed by atoms with E-state index in [1.165, 1.54) is 11.3 Å². The van der Waals surface area contributed by atoms with Crippen LogP contribution in [0.4, 0.5) is 5.69 Å². The molecule has 0 spiro atoms. The summed E-state index contributed by atoms with van der Waals surface area (Å²) in [6, 6.07) is 13.9. The van der Waals surface area contributed by atoms with Crippen molar-refractivity contribution in [2.75, 3.05) is 11.9 Å². The average molecular weight is 472 g/mol. The molecule has 1 aliphatic rings. The molecule has 1 atom stereocenters. The van der Waals surface area contributed by atoms with Gasteiger partial charge in [0.2, 0.25) is 15.7 Å². The van der Waals surface area contributed by atoms with Crippen molar-refractivity contribution in [1.82, 2.24) is 0 Å². The van der Waals surface area contributed by atoms with Crippen molar-refractivity contribution in [3.05, 3.63) is 64.4 Å². The number of hydrogen-bond donors (Lipinski definition) is 1. The van der Waals surface area contributed by atoms with Crippen LogP contribution < -0.4 is 14.8 Å². The van der Waals surface area contributed by atoms with Gasteiger partial charge in [0.25, 0.3) is 0 Å². The molecule has 6 nitrogen and oxygen atoms in total. The van der Waals surface area contributed by atoms with E-state index in [9.17, 15) is 13.2 Å². The molecular weight excluding hydrogens is 446 g/mol. The molecule has 0 unspecified atom stereocenters. The number of carbonyl (C=O) groups excluding carboxylic acids is 1. The number of ether oxygens (including phenoxy) is 2. The zero-order valence-corrected chi connectivity index (χ0v) is 19.8. The Bertz CT molecular complexity index is 1230. The van der Waals surface area contributed by atoms with Crippen LogP contribution in [0, 0.1) is 0 Å². The molecule has 32 heavy (non-hydrogen) atoms. The van der Waals surface area contributed by atoms with E-state index in [0.717, 1.165) is 10.4 Å². The van der Waals surface area contributed by atoms with Crippen LogP contribution in [0.25, 0.3) is 0 Å². The number of sulfone groups is 1. The van der Waals surface area contributed by atoms with Gasteiger partial charge in [-0.25, -0.2) is 8.42 Å². The number of rotatable bonds is 7. The third kappa shape index (κ3) is 4.25. The summed E-state index contributed by atoms with van der Waals surface area (Å²) in [6.45, 7) is 6.27. The fourth-order valence-corrected chi connectivity index (χ4v) is 6.69. The second kappa shape index (κ2) is 8.96. The first-order chi connectivity index (χ1) is 15.3. The van der Waals surface area contributed by atoms with Crippen LogP contribution in [-0.2, 0) is 14.6 Å². The van der Waals surface area contributed by atoms with Crippen LogP contribution in [0.3, 0.4) is 0 Å². The molecule has 8 heteroatoms. The van der Waals surface area contributed by atoms with E-state index in [1.807, 2.05) is 39.0 Å². The molecule has 168 valence electrons. The summed E-state index contributed by atoms with van der Waals surface area (Å²) in [6.07, 6.45) is 0.226. The third-order valence-electron chi connectivity index (χ3n) is 5.13. The van der Waals surface area contributed by atoms with Crippen LogP contribution in [0.15, 0.2) is 63.7 Å². The minimum atomic E-state index is -3.75. The number of fused-ring (bicyclic) bond motifs is 1. The number of hydrogen-bond acceptors (Lipinski definition) is 6.